The fourth-order valence-corrected chi connectivity index (χ4v) is 4.85. The van der Waals surface area contributed by atoms with Crippen molar-refractivity contribution in [2.75, 3.05) is 7.11 Å². The minimum absolute atomic E-state index is 0.163. The van der Waals surface area contributed by atoms with Gasteiger partial charge < -0.3 is 19.0 Å². The molecule has 1 amide bonds. The maximum Gasteiger partial charge on any atom is 0.373 e. The molecule has 8 heteroatoms. The van der Waals surface area contributed by atoms with E-state index in [9.17, 15) is 9.59 Å². The van der Waals surface area contributed by atoms with Crippen molar-refractivity contribution in [1.82, 2.24) is 9.88 Å². The number of hydrogen-bond donors (Lipinski definition) is 1. The topological polar surface area (TPSA) is 85.8 Å². The lowest BCUT2D eigenvalue weighted by Gasteiger charge is -2.02. The minimum Gasteiger partial charge on any atom is -0.463 e. The maximum absolute atomic E-state index is 12.7. The molecule has 0 unspecified atom stereocenters. The average molecular weight is 486 g/mol. The number of amides is 1. The van der Waals surface area contributed by atoms with Crippen LogP contribution in [0.25, 0.3) is 17.0 Å². The van der Waals surface area contributed by atoms with E-state index in [1.165, 1.54) is 24.4 Å². The van der Waals surface area contributed by atoms with E-state index in [1.54, 1.807) is 12.1 Å². The number of furan rings is 1. The maximum atomic E-state index is 12.7. The highest BCUT2D eigenvalue weighted by Gasteiger charge is 2.25. The van der Waals surface area contributed by atoms with E-state index in [-0.39, 0.29) is 11.7 Å². The first kappa shape index (κ1) is 22.7. The number of nitrogens with zero attached hydrogens (tertiary/aromatic N) is 2. The second-order valence-electron chi connectivity index (χ2n) is 8.26. The molecule has 3 heterocycles. The number of carbonyl (C=O) groups excluding carboxylic acids is 2. The molecule has 4 aromatic rings. The number of aliphatic imine (C=N–C) groups is 1. The van der Waals surface area contributed by atoms with Gasteiger partial charge in [-0.25, -0.2) is 9.79 Å². The standard InChI is InChI=1S/C27H23N3O4S/c1-16-8-10-21(17(2)12-16)28-27-29-25(31)24(35-27)13-18-14-30(22-7-5-4-6-20(18)22)15-19-9-11-23(34-19)26(32)33-3/h4-14H,15H2,1-3H3,(H,28,29,31)/b24-13-. The number of fused-ring (bicyclic) bond motifs is 1. The van der Waals surface area contributed by atoms with Crippen LogP contribution in [0.5, 0.6) is 0 Å². The van der Waals surface area contributed by atoms with E-state index in [0.29, 0.717) is 22.4 Å². The quantitative estimate of drug-likeness (QED) is 0.295. The number of amidine groups is 1. The summed E-state index contributed by atoms with van der Waals surface area (Å²) in [5, 5.41) is 4.43. The Hall–Kier alpha value is -4.04. The number of para-hydroxylation sites is 1. The molecule has 35 heavy (non-hydrogen) atoms. The van der Waals surface area contributed by atoms with Gasteiger partial charge in [-0.05, 0) is 61.5 Å². The summed E-state index contributed by atoms with van der Waals surface area (Å²) in [4.78, 5) is 29.6. The number of hydrogen-bond acceptors (Lipinski definition) is 6. The molecule has 2 aromatic heterocycles. The fraction of sp³-hybridized carbons (Fsp3) is 0.148. The molecule has 0 aliphatic carbocycles. The van der Waals surface area contributed by atoms with Crippen LogP contribution in [-0.2, 0) is 16.1 Å². The van der Waals surface area contributed by atoms with E-state index in [4.69, 9.17) is 9.15 Å². The number of ether oxygens (including phenoxy) is 1. The lowest BCUT2D eigenvalue weighted by molar-refractivity contribution is -0.115. The second-order valence-corrected chi connectivity index (χ2v) is 9.29. The molecule has 2 aromatic carbocycles. The van der Waals surface area contributed by atoms with Crippen molar-refractivity contribution >= 4 is 51.5 Å². The van der Waals surface area contributed by atoms with Gasteiger partial charge in [-0.15, -0.1) is 0 Å². The van der Waals surface area contributed by atoms with Gasteiger partial charge in [0.15, 0.2) is 5.17 Å². The molecule has 0 atom stereocenters. The second kappa shape index (κ2) is 9.31. The number of rotatable bonds is 5. The summed E-state index contributed by atoms with van der Waals surface area (Å²) in [5.74, 6) is 0.0999. The van der Waals surface area contributed by atoms with Gasteiger partial charge in [0.25, 0.3) is 5.91 Å². The summed E-state index contributed by atoms with van der Waals surface area (Å²) in [6.45, 7) is 4.48. The molecule has 1 aliphatic heterocycles. The van der Waals surface area contributed by atoms with Crippen LogP contribution in [0.2, 0.25) is 0 Å². The van der Waals surface area contributed by atoms with Gasteiger partial charge in [0.1, 0.15) is 5.76 Å². The Bertz CT molecular complexity index is 1530. The van der Waals surface area contributed by atoms with E-state index in [1.807, 2.05) is 67.1 Å². The molecule has 0 radical (unpaired) electrons. The predicted molar refractivity (Wildman–Crippen MR) is 138 cm³/mol. The predicted octanol–water partition coefficient (Wildman–Crippen LogP) is 5.58. The first-order valence-corrected chi connectivity index (χ1v) is 11.8. The third-order valence-corrected chi connectivity index (χ3v) is 6.62. The Kier molecular flexibility index (Phi) is 6.05. The average Bonchev–Trinajstić information content (AvgIpc) is 3.54. The lowest BCUT2D eigenvalue weighted by atomic mass is 10.1. The number of methoxy groups -OCH3 is 1. The van der Waals surface area contributed by atoms with Crippen molar-refractivity contribution in [3.63, 3.8) is 0 Å². The summed E-state index contributed by atoms with van der Waals surface area (Å²) in [6, 6.07) is 17.3. The Labute approximate surface area is 206 Å². The molecule has 1 saturated heterocycles. The SMILES string of the molecule is COC(=O)c1ccc(Cn2cc(/C=C3\SC(=Nc4ccc(C)cc4C)NC3=O)c3ccccc32)o1. The van der Waals surface area contributed by atoms with Crippen LogP contribution >= 0.6 is 11.8 Å². The van der Waals surface area contributed by atoms with Crippen molar-refractivity contribution in [1.29, 1.82) is 0 Å². The first-order chi connectivity index (χ1) is 16.9. The normalized spacial score (nSPS) is 15.8. The van der Waals surface area contributed by atoms with Crippen molar-refractivity contribution in [2.24, 2.45) is 4.99 Å². The summed E-state index contributed by atoms with van der Waals surface area (Å²) in [5.41, 5.74) is 4.96. The van der Waals surface area contributed by atoms with Crippen LogP contribution in [0.1, 0.15) is 33.0 Å². The number of esters is 1. The van der Waals surface area contributed by atoms with Gasteiger partial charge in [0.05, 0.1) is 24.2 Å². The van der Waals surface area contributed by atoms with E-state index < -0.39 is 5.97 Å². The molecule has 7 nitrogen and oxygen atoms in total. The molecule has 1 aliphatic rings. The van der Waals surface area contributed by atoms with Crippen molar-refractivity contribution < 1.29 is 18.7 Å². The zero-order valence-corrected chi connectivity index (χ0v) is 20.3. The number of nitrogens with one attached hydrogen (secondary N) is 1. The van der Waals surface area contributed by atoms with Crippen molar-refractivity contribution in [3.05, 3.63) is 93.9 Å². The molecule has 1 N–H and O–H groups in total. The molecule has 1 fully saturated rings. The largest absolute Gasteiger partial charge is 0.463 e. The zero-order valence-electron chi connectivity index (χ0n) is 19.5. The number of aryl methyl sites for hydroxylation is 2. The number of carbonyl (C=O) groups is 2. The van der Waals surface area contributed by atoms with Gasteiger partial charge in [0.2, 0.25) is 5.76 Å². The highest BCUT2D eigenvalue weighted by Crippen LogP contribution is 2.32. The third kappa shape index (κ3) is 4.65. The van der Waals surface area contributed by atoms with E-state index in [2.05, 4.69) is 16.4 Å². The molecular formula is C27H23N3O4S. The minimum atomic E-state index is -0.512. The van der Waals surface area contributed by atoms with Gasteiger partial charge in [0, 0.05) is 22.7 Å². The summed E-state index contributed by atoms with van der Waals surface area (Å²) >= 11 is 1.32. The van der Waals surface area contributed by atoms with E-state index in [0.717, 1.165) is 27.7 Å². The van der Waals surface area contributed by atoms with Gasteiger partial charge >= 0.3 is 5.97 Å². The van der Waals surface area contributed by atoms with Crippen LogP contribution in [0.15, 0.2) is 75.1 Å². The Morgan fingerprint density at radius 1 is 1.17 bits per heavy atom. The van der Waals surface area contributed by atoms with Crippen molar-refractivity contribution in [2.45, 2.75) is 20.4 Å². The molecule has 176 valence electrons. The van der Waals surface area contributed by atoms with Crippen molar-refractivity contribution in [3.8, 4) is 0 Å². The Morgan fingerprint density at radius 3 is 2.80 bits per heavy atom. The summed E-state index contributed by atoms with van der Waals surface area (Å²) in [7, 11) is 1.32. The Balaban J connectivity index is 1.44. The number of thioether (sulfide) groups is 1. The zero-order chi connectivity index (χ0) is 24.5. The molecule has 0 saturated carbocycles. The fourth-order valence-electron chi connectivity index (χ4n) is 4.02. The molecule has 5 rings (SSSR count). The molecule has 0 spiro atoms. The highest BCUT2D eigenvalue weighted by atomic mass is 32.2. The summed E-state index contributed by atoms with van der Waals surface area (Å²) < 4.78 is 12.4. The van der Waals surface area contributed by atoms with Crippen LogP contribution in [-0.4, -0.2) is 28.7 Å². The van der Waals surface area contributed by atoms with Gasteiger partial charge in [-0.1, -0.05) is 35.9 Å². The number of benzene rings is 2. The smallest absolute Gasteiger partial charge is 0.373 e. The summed E-state index contributed by atoms with van der Waals surface area (Å²) in [6.07, 6.45) is 3.86. The van der Waals surface area contributed by atoms with Crippen LogP contribution in [0.3, 0.4) is 0 Å². The highest BCUT2D eigenvalue weighted by molar-refractivity contribution is 8.18. The van der Waals surface area contributed by atoms with Gasteiger partial charge in [-0.2, -0.15) is 0 Å². The van der Waals surface area contributed by atoms with Gasteiger partial charge in [-0.3, -0.25) is 4.79 Å². The molecule has 0 bridgehead atoms. The monoisotopic (exact) mass is 485 g/mol. The number of aromatic nitrogens is 1. The lowest BCUT2D eigenvalue weighted by Crippen LogP contribution is -2.19. The van der Waals surface area contributed by atoms with E-state index >= 15 is 0 Å². The third-order valence-electron chi connectivity index (χ3n) is 5.71. The van der Waals surface area contributed by atoms with Crippen LogP contribution < -0.4 is 5.32 Å². The molecular weight excluding hydrogens is 462 g/mol. The van der Waals surface area contributed by atoms with Crippen LogP contribution in [0.4, 0.5) is 5.69 Å². The Morgan fingerprint density at radius 2 is 2.00 bits per heavy atom. The first-order valence-electron chi connectivity index (χ1n) is 11.0. The van der Waals surface area contributed by atoms with Crippen LogP contribution in [0, 0.1) is 13.8 Å².